The smallest absolute Gasteiger partial charge is 0.369 e. The lowest BCUT2D eigenvalue weighted by Crippen LogP contribution is -2.08. The number of rotatable bonds is 3. The Hall–Kier alpha value is -2.28. The van der Waals surface area contributed by atoms with Crippen molar-refractivity contribution in [1.82, 2.24) is 9.78 Å². The number of nitrogens with one attached hydrogen (secondary N) is 1. The molecule has 0 spiro atoms. The molecule has 24 heavy (non-hydrogen) atoms. The van der Waals surface area contributed by atoms with Gasteiger partial charge in [0.2, 0.25) is 0 Å². The average Bonchev–Trinajstić information content (AvgIpc) is 3.26. The first-order valence-corrected chi connectivity index (χ1v) is 8.45. The minimum absolute atomic E-state index is 0.424. The fourth-order valence-corrected chi connectivity index (χ4v) is 3.68. The fourth-order valence-electron chi connectivity index (χ4n) is 2.97. The van der Waals surface area contributed by atoms with Crippen molar-refractivity contribution in [2.75, 3.05) is 11.9 Å². The van der Waals surface area contributed by atoms with Crippen LogP contribution in [0.25, 0.3) is 5.69 Å². The molecule has 0 saturated carbocycles. The molecule has 0 unspecified atom stereocenters. The monoisotopic (exact) mass is 349 g/mol. The van der Waals surface area contributed by atoms with E-state index >= 15 is 0 Å². The quantitative estimate of drug-likeness (QED) is 0.754. The first-order valence-electron chi connectivity index (χ1n) is 7.57. The molecule has 1 N–H and O–H groups in total. The summed E-state index contributed by atoms with van der Waals surface area (Å²) in [7, 11) is 0. The zero-order valence-electron chi connectivity index (χ0n) is 12.6. The van der Waals surface area contributed by atoms with Gasteiger partial charge < -0.3 is 5.32 Å². The lowest BCUT2D eigenvalue weighted by molar-refractivity contribution is -0.137. The molecule has 0 bridgehead atoms. The van der Waals surface area contributed by atoms with Crippen LogP contribution in [0.1, 0.15) is 21.7 Å². The number of thiophene rings is 1. The van der Waals surface area contributed by atoms with Crippen LogP contribution in [0.5, 0.6) is 0 Å². The molecule has 7 heteroatoms. The van der Waals surface area contributed by atoms with Crippen LogP contribution < -0.4 is 5.32 Å². The Labute approximate surface area is 140 Å². The van der Waals surface area contributed by atoms with Gasteiger partial charge in [-0.25, -0.2) is 4.68 Å². The van der Waals surface area contributed by atoms with Gasteiger partial charge in [0, 0.05) is 23.4 Å². The first kappa shape index (κ1) is 15.3. The van der Waals surface area contributed by atoms with E-state index in [9.17, 15) is 13.2 Å². The molecule has 0 amide bonds. The standard InChI is InChI=1S/C17H14F3N3S/c18-17(19,20)11-3-1-4-12(9-11)23-16-14(6-7-21-16)15(22-23)10-13-5-2-8-24-13/h1-5,8-9,21H,6-7,10H2. The molecule has 3 heterocycles. The molecule has 3 nitrogen and oxygen atoms in total. The van der Waals surface area contributed by atoms with Gasteiger partial charge in [0.1, 0.15) is 5.82 Å². The Balaban J connectivity index is 1.77. The summed E-state index contributed by atoms with van der Waals surface area (Å²) in [6.45, 7) is 0.781. The molecular weight excluding hydrogens is 335 g/mol. The summed E-state index contributed by atoms with van der Waals surface area (Å²) in [5, 5.41) is 9.85. The molecule has 0 radical (unpaired) electrons. The highest BCUT2D eigenvalue weighted by atomic mass is 32.1. The summed E-state index contributed by atoms with van der Waals surface area (Å²) < 4.78 is 40.5. The van der Waals surface area contributed by atoms with Gasteiger partial charge in [0.15, 0.2) is 0 Å². The third-order valence-corrected chi connectivity index (χ3v) is 4.95. The number of halogens is 3. The highest BCUT2D eigenvalue weighted by molar-refractivity contribution is 7.09. The van der Waals surface area contributed by atoms with Crippen molar-refractivity contribution in [3.63, 3.8) is 0 Å². The second-order valence-electron chi connectivity index (χ2n) is 5.67. The Kier molecular flexibility index (Phi) is 3.60. The van der Waals surface area contributed by atoms with Crippen LogP contribution in [0.15, 0.2) is 41.8 Å². The fraction of sp³-hybridized carbons (Fsp3) is 0.235. The minimum Gasteiger partial charge on any atom is -0.369 e. The molecule has 124 valence electrons. The van der Waals surface area contributed by atoms with Gasteiger partial charge >= 0.3 is 6.18 Å². The number of aromatic nitrogens is 2. The maximum atomic E-state index is 13.0. The van der Waals surface area contributed by atoms with Crippen molar-refractivity contribution in [1.29, 1.82) is 0 Å². The van der Waals surface area contributed by atoms with Crippen molar-refractivity contribution in [2.45, 2.75) is 19.0 Å². The van der Waals surface area contributed by atoms with Gasteiger partial charge in [0.25, 0.3) is 0 Å². The van der Waals surface area contributed by atoms with Crippen molar-refractivity contribution >= 4 is 17.2 Å². The predicted molar refractivity (Wildman–Crippen MR) is 87.9 cm³/mol. The lowest BCUT2D eigenvalue weighted by Gasteiger charge is -2.10. The maximum Gasteiger partial charge on any atom is 0.416 e. The largest absolute Gasteiger partial charge is 0.416 e. The van der Waals surface area contributed by atoms with Crippen LogP contribution in [-0.4, -0.2) is 16.3 Å². The van der Waals surface area contributed by atoms with Gasteiger partial charge in [-0.3, -0.25) is 0 Å². The average molecular weight is 349 g/mol. The zero-order chi connectivity index (χ0) is 16.7. The van der Waals surface area contributed by atoms with Crippen molar-refractivity contribution < 1.29 is 13.2 Å². The van der Waals surface area contributed by atoms with E-state index < -0.39 is 11.7 Å². The summed E-state index contributed by atoms with van der Waals surface area (Å²) >= 11 is 1.66. The molecule has 0 saturated heterocycles. The van der Waals surface area contributed by atoms with E-state index in [-0.39, 0.29) is 0 Å². The summed E-state index contributed by atoms with van der Waals surface area (Å²) in [5.74, 6) is 0.806. The Morgan fingerprint density at radius 1 is 1.21 bits per heavy atom. The van der Waals surface area contributed by atoms with Gasteiger partial charge in [-0.1, -0.05) is 12.1 Å². The Bertz CT molecular complexity index is 866. The molecule has 1 aliphatic rings. The van der Waals surface area contributed by atoms with Gasteiger partial charge in [-0.2, -0.15) is 18.3 Å². The van der Waals surface area contributed by atoms with Crippen LogP contribution in [0.2, 0.25) is 0 Å². The van der Waals surface area contributed by atoms with Crippen molar-refractivity contribution in [3.05, 3.63) is 63.5 Å². The van der Waals surface area contributed by atoms with Gasteiger partial charge in [0.05, 0.1) is 16.9 Å². The third-order valence-electron chi connectivity index (χ3n) is 4.07. The SMILES string of the molecule is FC(F)(F)c1cccc(-n2nc(Cc3cccs3)c3c2NCC3)c1. The van der Waals surface area contributed by atoms with Crippen LogP contribution in [0.4, 0.5) is 19.0 Å². The normalized spacial score (nSPS) is 13.8. The van der Waals surface area contributed by atoms with Crippen LogP contribution >= 0.6 is 11.3 Å². The number of alkyl halides is 3. The molecule has 0 fully saturated rings. The summed E-state index contributed by atoms with van der Waals surface area (Å²) in [5.41, 5.74) is 1.78. The number of hydrogen-bond acceptors (Lipinski definition) is 3. The molecule has 0 aliphatic carbocycles. The number of nitrogens with zero attached hydrogens (tertiary/aromatic N) is 2. The predicted octanol–water partition coefficient (Wildman–Crippen LogP) is 4.51. The summed E-state index contributed by atoms with van der Waals surface area (Å²) in [6.07, 6.45) is -2.82. The van der Waals surface area contributed by atoms with E-state index in [4.69, 9.17) is 0 Å². The van der Waals surface area contributed by atoms with Crippen molar-refractivity contribution in [3.8, 4) is 5.69 Å². The second-order valence-corrected chi connectivity index (χ2v) is 6.70. The Morgan fingerprint density at radius 2 is 2.08 bits per heavy atom. The van der Waals surface area contributed by atoms with E-state index in [2.05, 4.69) is 10.4 Å². The minimum atomic E-state index is -4.36. The molecule has 3 aromatic rings. The highest BCUT2D eigenvalue weighted by Gasteiger charge is 2.31. The van der Waals surface area contributed by atoms with E-state index in [0.717, 1.165) is 42.2 Å². The number of fused-ring (bicyclic) bond motifs is 1. The number of benzene rings is 1. The van der Waals surface area contributed by atoms with E-state index in [1.54, 1.807) is 22.1 Å². The number of anilines is 1. The Morgan fingerprint density at radius 3 is 2.83 bits per heavy atom. The lowest BCUT2D eigenvalue weighted by atomic mass is 10.1. The second kappa shape index (κ2) is 5.66. The van der Waals surface area contributed by atoms with Crippen LogP contribution in [0.3, 0.4) is 0 Å². The highest BCUT2D eigenvalue weighted by Crippen LogP contribution is 2.33. The summed E-state index contributed by atoms with van der Waals surface area (Å²) in [4.78, 5) is 1.19. The number of hydrogen-bond donors (Lipinski definition) is 1. The maximum absolute atomic E-state index is 13.0. The van der Waals surface area contributed by atoms with Crippen LogP contribution in [0, 0.1) is 0 Å². The molecule has 2 aromatic heterocycles. The molecular formula is C17H14F3N3S. The molecule has 4 rings (SSSR count). The molecule has 1 aliphatic heterocycles. The zero-order valence-corrected chi connectivity index (χ0v) is 13.4. The van der Waals surface area contributed by atoms with E-state index in [1.165, 1.54) is 10.9 Å². The molecule has 1 aromatic carbocycles. The molecule has 0 atom stereocenters. The topological polar surface area (TPSA) is 29.9 Å². The van der Waals surface area contributed by atoms with Crippen molar-refractivity contribution in [2.24, 2.45) is 0 Å². The van der Waals surface area contributed by atoms with Gasteiger partial charge in [-0.15, -0.1) is 11.3 Å². The van der Waals surface area contributed by atoms with E-state index in [1.807, 2.05) is 17.5 Å². The first-order chi connectivity index (χ1) is 11.5. The van der Waals surface area contributed by atoms with E-state index in [0.29, 0.717) is 12.1 Å². The van der Waals surface area contributed by atoms with Gasteiger partial charge in [-0.05, 0) is 36.1 Å². The van der Waals surface area contributed by atoms with Crippen LogP contribution in [-0.2, 0) is 19.0 Å². The third kappa shape index (κ3) is 2.69. The summed E-state index contributed by atoms with van der Waals surface area (Å²) in [6, 6.07) is 9.32.